The lowest BCUT2D eigenvalue weighted by Crippen LogP contribution is -2.09. The molecule has 0 aliphatic rings. The van der Waals surface area contributed by atoms with Gasteiger partial charge in [-0.2, -0.15) is 5.26 Å². The molecule has 17 heavy (non-hydrogen) atoms. The highest BCUT2D eigenvalue weighted by Gasteiger charge is 2.22. The van der Waals surface area contributed by atoms with Crippen molar-refractivity contribution in [3.8, 4) is 6.07 Å². The molecule has 6 nitrogen and oxygen atoms in total. The molecule has 0 atom stereocenters. The van der Waals surface area contributed by atoms with Crippen molar-refractivity contribution in [3.05, 3.63) is 36.9 Å². The topological polar surface area (TPSA) is 93.2 Å². The number of halogens is 1. The molecular formula is C10H7IN2O4. The minimum absolute atomic E-state index is 0.0400. The summed E-state index contributed by atoms with van der Waals surface area (Å²) in [6.07, 6.45) is 0. The third-order valence-electron chi connectivity index (χ3n) is 1.87. The van der Waals surface area contributed by atoms with Gasteiger partial charge in [-0.3, -0.25) is 10.1 Å². The van der Waals surface area contributed by atoms with Gasteiger partial charge in [0.25, 0.3) is 5.69 Å². The molecule has 0 amide bonds. The summed E-state index contributed by atoms with van der Waals surface area (Å²) in [6.45, 7) is 1.80. The number of nitriles is 1. The Labute approximate surface area is 110 Å². The fourth-order valence-corrected chi connectivity index (χ4v) is 1.89. The Kier molecular flexibility index (Phi) is 4.39. The summed E-state index contributed by atoms with van der Waals surface area (Å²) in [5, 5.41) is 19.5. The van der Waals surface area contributed by atoms with Crippen LogP contribution in [0.3, 0.4) is 0 Å². The summed E-state index contributed by atoms with van der Waals surface area (Å²) in [5.41, 5.74) is -0.175. The smallest absolute Gasteiger partial charge is 0.339 e. The Morgan fingerprint density at radius 1 is 1.65 bits per heavy atom. The van der Waals surface area contributed by atoms with Crippen LogP contribution in [-0.4, -0.2) is 17.5 Å². The van der Waals surface area contributed by atoms with Gasteiger partial charge >= 0.3 is 5.97 Å². The van der Waals surface area contributed by atoms with Crippen molar-refractivity contribution in [1.29, 1.82) is 5.26 Å². The number of benzene rings is 1. The molecule has 0 aromatic heterocycles. The summed E-state index contributed by atoms with van der Waals surface area (Å²) in [7, 11) is 0. The van der Waals surface area contributed by atoms with Gasteiger partial charge in [-0.15, -0.1) is 0 Å². The Morgan fingerprint density at radius 3 is 2.76 bits per heavy atom. The lowest BCUT2D eigenvalue weighted by Gasteiger charge is -2.05. The van der Waals surface area contributed by atoms with E-state index in [1.807, 2.05) is 0 Å². The molecule has 0 aliphatic heterocycles. The van der Waals surface area contributed by atoms with Crippen LogP contribution < -0.4 is 0 Å². The third-order valence-corrected chi connectivity index (χ3v) is 3.01. The number of carbonyl (C=O) groups excluding carboxylic acids is 1. The number of ether oxygens (including phenoxy) is 1. The molecular weight excluding hydrogens is 339 g/mol. The molecule has 1 aromatic rings. The molecule has 7 heteroatoms. The highest BCUT2D eigenvalue weighted by molar-refractivity contribution is 14.1. The molecule has 0 N–H and O–H groups in total. The Balaban J connectivity index is 3.40. The Morgan fingerprint density at radius 2 is 2.29 bits per heavy atom. The van der Waals surface area contributed by atoms with Crippen LogP contribution in [0.4, 0.5) is 5.69 Å². The zero-order valence-corrected chi connectivity index (χ0v) is 10.9. The van der Waals surface area contributed by atoms with Crippen LogP contribution in [0.2, 0.25) is 0 Å². The molecule has 0 aliphatic carbocycles. The van der Waals surface area contributed by atoms with E-state index in [9.17, 15) is 14.9 Å². The fraction of sp³-hybridized carbons (Fsp3) is 0.200. The van der Waals surface area contributed by atoms with Crippen LogP contribution >= 0.6 is 22.6 Å². The summed E-state index contributed by atoms with van der Waals surface area (Å²) >= 11 is 1.69. The number of esters is 1. The van der Waals surface area contributed by atoms with E-state index in [0.717, 1.165) is 6.07 Å². The second kappa shape index (κ2) is 5.58. The lowest BCUT2D eigenvalue weighted by atomic mass is 10.1. The van der Waals surface area contributed by atoms with Gasteiger partial charge in [-0.25, -0.2) is 4.79 Å². The predicted octanol–water partition coefficient (Wildman–Crippen LogP) is 2.25. The maximum Gasteiger partial charge on any atom is 0.339 e. The van der Waals surface area contributed by atoms with Crippen molar-refractivity contribution in [2.45, 2.75) is 6.92 Å². The van der Waals surface area contributed by atoms with Crippen LogP contribution in [0.25, 0.3) is 0 Å². The highest BCUT2D eigenvalue weighted by atomic mass is 127. The van der Waals surface area contributed by atoms with E-state index >= 15 is 0 Å². The van der Waals surface area contributed by atoms with E-state index in [-0.39, 0.29) is 27.0 Å². The van der Waals surface area contributed by atoms with Gasteiger partial charge in [0.1, 0.15) is 3.57 Å². The van der Waals surface area contributed by atoms with Gasteiger partial charge in [0.05, 0.1) is 28.7 Å². The van der Waals surface area contributed by atoms with Gasteiger partial charge in [0.2, 0.25) is 0 Å². The van der Waals surface area contributed by atoms with Gasteiger partial charge in [0.15, 0.2) is 0 Å². The predicted molar refractivity (Wildman–Crippen MR) is 66.5 cm³/mol. The fourth-order valence-electron chi connectivity index (χ4n) is 1.16. The van der Waals surface area contributed by atoms with Crippen LogP contribution in [-0.2, 0) is 4.74 Å². The lowest BCUT2D eigenvalue weighted by molar-refractivity contribution is -0.385. The maximum absolute atomic E-state index is 11.5. The van der Waals surface area contributed by atoms with E-state index in [4.69, 9.17) is 10.00 Å². The zero-order chi connectivity index (χ0) is 13.0. The molecule has 1 rings (SSSR count). The normalized spacial score (nSPS) is 9.47. The first-order valence-corrected chi connectivity index (χ1v) is 5.64. The molecule has 0 saturated heterocycles. The first-order valence-electron chi connectivity index (χ1n) is 4.56. The molecule has 0 heterocycles. The summed E-state index contributed by atoms with van der Waals surface area (Å²) < 4.78 is 4.94. The summed E-state index contributed by atoms with van der Waals surface area (Å²) in [5.74, 6) is -0.669. The number of nitrogens with zero attached hydrogens (tertiary/aromatic N) is 2. The molecule has 0 fully saturated rings. The molecule has 0 saturated carbocycles. The van der Waals surface area contributed by atoms with Crippen molar-refractivity contribution in [2.75, 3.05) is 6.61 Å². The Hall–Kier alpha value is -1.69. The van der Waals surface area contributed by atoms with Gasteiger partial charge < -0.3 is 4.74 Å². The third kappa shape index (κ3) is 2.91. The minimum Gasteiger partial charge on any atom is -0.462 e. The van der Waals surface area contributed by atoms with Crippen LogP contribution in [0, 0.1) is 25.0 Å². The quantitative estimate of drug-likeness (QED) is 0.362. The molecule has 1 aromatic carbocycles. The van der Waals surface area contributed by atoms with E-state index in [1.54, 1.807) is 35.6 Å². The monoisotopic (exact) mass is 346 g/mol. The number of nitro benzene ring substituents is 1. The van der Waals surface area contributed by atoms with Crippen LogP contribution in [0.15, 0.2) is 12.1 Å². The van der Waals surface area contributed by atoms with Crippen molar-refractivity contribution < 1.29 is 14.5 Å². The number of carbonyl (C=O) groups is 1. The molecule has 0 radical (unpaired) electrons. The van der Waals surface area contributed by atoms with E-state index in [1.165, 1.54) is 6.07 Å². The maximum atomic E-state index is 11.5. The SMILES string of the molecule is CCOC(=O)c1cc(C#N)cc([N+](=O)[O-])c1I. The average Bonchev–Trinajstić information content (AvgIpc) is 2.29. The van der Waals surface area contributed by atoms with E-state index in [2.05, 4.69) is 0 Å². The van der Waals surface area contributed by atoms with E-state index in [0.29, 0.717) is 0 Å². The second-order valence-corrected chi connectivity index (χ2v) is 4.03. The number of hydrogen-bond donors (Lipinski definition) is 0. The Bertz CT molecular complexity index is 522. The van der Waals surface area contributed by atoms with Gasteiger partial charge in [-0.1, -0.05) is 0 Å². The van der Waals surface area contributed by atoms with Crippen molar-refractivity contribution in [1.82, 2.24) is 0 Å². The molecule has 0 spiro atoms. The zero-order valence-electron chi connectivity index (χ0n) is 8.77. The largest absolute Gasteiger partial charge is 0.462 e. The summed E-state index contributed by atoms with van der Waals surface area (Å²) in [6, 6.07) is 4.19. The number of hydrogen-bond acceptors (Lipinski definition) is 5. The standard InChI is InChI=1S/C10H7IN2O4/c1-2-17-10(14)7-3-6(5-12)4-8(9(7)11)13(15)16/h3-4H,2H2,1H3. The average molecular weight is 346 g/mol. The van der Waals surface area contributed by atoms with Crippen molar-refractivity contribution in [2.24, 2.45) is 0 Å². The second-order valence-electron chi connectivity index (χ2n) is 2.95. The van der Waals surface area contributed by atoms with Crippen LogP contribution in [0.5, 0.6) is 0 Å². The highest BCUT2D eigenvalue weighted by Crippen LogP contribution is 2.26. The van der Waals surface area contributed by atoms with Crippen molar-refractivity contribution in [3.63, 3.8) is 0 Å². The van der Waals surface area contributed by atoms with Gasteiger partial charge in [-0.05, 0) is 35.6 Å². The molecule has 88 valence electrons. The van der Waals surface area contributed by atoms with Crippen LogP contribution in [0.1, 0.15) is 22.8 Å². The van der Waals surface area contributed by atoms with E-state index < -0.39 is 10.9 Å². The molecule has 0 unspecified atom stereocenters. The first kappa shape index (κ1) is 13.4. The van der Waals surface area contributed by atoms with Gasteiger partial charge in [0, 0.05) is 6.07 Å². The molecule has 0 bridgehead atoms. The number of rotatable bonds is 3. The number of nitro groups is 1. The minimum atomic E-state index is -0.669. The summed E-state index contributed by atoms with van der Waals surface area (Å²) in [4.78, 5) is 21.7. The van der Waals surface area contributed by atoms with Crippen molar-refractivity contribution >= 4 is 34.2 Å². The first-order chi connectivity index (χ1) is 8.01.